The number of hydrogen-bond donors (Lipinski definition) is 1. The molecule has 0 atom stereocenters. The molecule has 2 N–H and O–H groups in total. The Morgan fingerprint density at radius 2 is 2.05 bits per heavy atom. The number of carbonyl (C=O) groups is 1. The molecule has 1 aromatic carbocycles. The van der Waals surface area contributed by atoms with Crippen LogP contribution in [0.4, 0.5) is 0 Å². The van der Waals surface area contributed by atoms with Gasteiger partial charge in [-0.3, -0.25) is 4.79 Å². The zero-order valence-corrected chi connectivity index (χ0v) is 11.5. The van der Waals surface area contributed by atoms with E-state index in [1.165, 1.54) is 5.56 Å². The second-order valence-electron chi connectivity index (χ2n) is 4.94. The van der Waals surface area contributed by atoms with Crippen molar-refractivity contribution in [1.29, 1.82) is 0 Å². The van der Waals surface area contributed by atoms with Gasteiger partial charge in [0, 0.05) is 26.1 Å². The molecule has 1 saturated heterocycles. The van der Waals surface area contributed by atoms with Crippen molar-refractivity contribution < 1.29 is 9.53 Å². The highest BCUT2D eigenvalue weighted by molar-refractivity contribution is 5.76. The summed E-state index contributed by atoms with van der Waals surface area (Å²) in [6, 6.07) is 8.16. The second kappa shape index (κ2) is 6.57. The predicted molar refractivity (Wildman–Crippen MR) is 75.2 cm³/mol. The van der Waals surface area contributed by atoms with E-state index in [0.29, 0.717) is 18.9 Å². The Hall–Kier alpha value is -1.55. The lowest BCUT2D eigenvalue weighted by Crippen LogP contribution is -2.38. The first-order valence-corrected chi connectivity index (χ1v) is 6.87. The van der Waals surface area contributed by atoms with Gasteiger partial charge in [-0.2, -0.15) is 0 Å². The zero-order valence-electron chi connectivity index (χ0n) is 11.5. The normalized spacial score (nSPS) is 16.4. The van der Waals surface area contributed by atoms with Gasteiger partial charge in [-0.1, -0.05) is 18.2 Å². The average molecular weight is 262 g/mol. The maximum absolute atomic E-state index is 11.8. The van der Waals surface area contributed by atoms with Crippen LogP contribution in [0.1, 0.15) is 30.7 Å². The van der Waals surface area contributed by atoms with Crippen molar-refractivity contribution in [3.8, 4) is 5.75 Å². The van der Waals surface area contributed by atoms with Crippen molar-refractivity contribution in [3.63, 3.8) is 0 Å². The van der Waals surface area contributed by atoms with Crippen LogP contribution in [-0.2, 0) is 4.79 Å². The standard InChI is InChI=1S/C15H22N2O2/c1-19-14-5-3-2-4-13(14)12-7-10-17(11-8-12)15(18)6-9-16/h2-5,12H,6-11,16H2,1H3. The Labute approximate surface area is 114 Å². The second-order valence-corrected chi connectivity index (χ2v) is 4.94. The Balaban J connectivity index is 1.98. The molecule has 4 nitrogen and oxygen atoms in total. The van der Waals surface area contributed by atoms with E-state index in [1.807, 2.05) is 23.1 Å². The number of rotatable bonds is 4. The van der Waals surface area contributed by atoms with Gasteiger partial charge in [0.15, 0.2) is 0 Å². The molecule has 104 valence electrons. The summed E-state index contributed by atoms with van der Waals surface area (Å²) in [6.07, 6.45) is 2.45. The first kappa shape index (κ1) is 13.9. The van der Waals surface area contributed by atoms with E-state index in [9.17, 15) is 4.79 Å². The summed E-state index contributed by atoms with van der Waals surface area (Å²) in [6.45, 7) is 2.08. The van der Waals surface area contributed by atoms with Crippen LogP contribution in [0.3, 0.4) is 0 Å². The zero-order chi connectivity index (χ0) is 13.7. The third-order valence-corrected chi connectivity index (χ3v) is 3.78. The highest BCUT2D eigenvalue weighted by Gasteiger charge is 2.24. The first-order chi connectivity index (χ1) is 9.26. The third kappa shape index (κ3) is 3.26. The molecule has 1 aliphatic rings. The number of nitrogens with zero attached hydrogens (tertiary/aromatic N) is 1. The van der Waals surface area contributed by atoms with E-state index < -0.39 is 0 Å². The molecular weight excluding hydrogens is 240 g/mol. The molecule has 0 aliphatic carbocycles. The number of para-hydroxylation sites is 1. The van der Waals surface area contributed by atoms with Crippen molar-refractivity contribution in [3.05, 3.63) is 29.8 Å². The SMILES string of the molecule is COc1ccccc1C1CCN(C(=O)CCN)CC1. The van der Waals surface area contributed by atoms with Crippen LogP contribution in [0, 0.1) is 0 Å². The molecule has 1 aromatic rings. The topological polar surface area (TPSA) is 55.6 Å². The van der Waals surface area contributed by atoms with Crippen LogP contribution in [0.15, 0.2) is 24.3 Å². The minimum absolute atomic E-state index is 0.181. The van der Waals surface area contributed by atoms with E-state index in [0.717, 1.165) is 31.7 Å². The van der Waals surface area contributed by atoms with Crippen molar-refractivity contribution >= 4 is 5.91 Å². The summed E-state index contributed by atoms with van der Waals surface area (Å²) in [4.78, 5) is 13.7. The monoisotopic (exact) mass is 262 g/mol. The van der Waals surface area contributed by atoms with Gasteiger partial charge in [-0.15, -0.1) is 0 Å². The number of nitrogens with two attached hydrogens (primary N) is 1. The van der Waals surface area contributed by atoms with Gasteiger partial charge in [0.1, 0.15) is 5.75 Å². The highest BCUT2D eigenvalue weighted by Crippen LogP contribution is 2.33. The summed E-state index contributed by atoms with van der Waals surface area (Å²) < 4.78 is 5.41. The van der Waals surface area contributed by atoms with E-state index in [2.05, 4.69) is 6.07 Å². The van der Waals surface area contributed by atoms with E-state index in [4.69, 9.17) is 10.5 Å². The van der Waals surface area contributed by atoms with Crippen LogP contribution in [0.2, 0.25) is 0 Å². The van der Waals surface area contributed by atoms with Gasteiger partial charge in [0.05, 0.1) is 7.11 Å². The smallest absolute Gasteiger partial charge is 0.223 e. The Morgan fingerprint density at radius 1 is 1.37 bits per heavy atom. The summed E-state index contributed by atoms with van der Waals surface area (Å²) in [5, 5.41) is 0. The molecule has 0 radical (unpaired) electrons. The number of carbonyl (C=O) groups excluding carboxylic acids is 1. The molecule has 0 aromatic heterocycles. The molecule has 0 saturated carbocycles. The fraction of sp³-hybridized carbons (Fsp3) is 0.533. The third-order valence-electron chi connectivity index (χ3n) is 3.78. The molecule has 0 unspecified atom stereocenters. The van der Waals surface area contributed by atoms with Crippen molar-refractivity contribution in [2.75, 3.05) is 26.7 Å². The molecule has 4 heteroatoms. The van der Waals surface area contributed by atoms with E-state index in [1.54, 1.807) is 7.11 Å². The van der Waals surface area contributed by atoms with Crippen LogP contribution in [0.5, 0.6) is 5.75 Å². The highest BCUT2D eigenvalue weighted by atomic mass is 16.5. The number of benzene rings is 1. The molecule has 1 aliphatic heterocycles. The maximum atomic E-state index is 11.8. The van der Waals surface area contributed by atoms with E-state index in [-0.39, 0.29) is 5.91 Å². The number of amides is 1. The largest absolute Gasteiger partial charge is 0.496 e. The fourth-order valence-corrected chi connectivity index (χ4v) is 2.73. The number of hydrogen-bond acceptors (Lipinski definition) is 3. The number of likely N-dealkylation sites (tertiary alicyclic amines) is 1. The average Bonchev–Trinajstić information content (AvgIpc) is 2.47. The van der Waals surface area contributed by atoms with E-state index >= 15 is 0 Å². The van der Waals surface area contributed by atoms with Crippen LogP contribution < -0.4 is 10.5 Å². The van der Waals surface area contributed by atoms with Gasteiger partial charge in [0.2, 0.25) is 5.91 Å². The Morgan fingerprint density at radius 3 is 2.68 bits per heavy atom. The molecule has 0 spiro atoms. The minimum atomic E-state index is 0.181. The Bertz CT molecular complexity index is 426. The van der Waals surface area contributed by atoms with Gasteiger partial charge < -0.3 is 15.4 Å². The molecule has 2 rings (SSSR count). The van der Waals surface area contributed by atoms with Gasteiger partial charge in [0.25, 0.3) is 0 Å². The van der Waals surface area contributed by atoms with Crippen molar-refractivity contribution in [1.82, 2.24) is 4.90 Å². The lowest BCUT2D eigenvalue weighted by molar-refractivity contribution is -0.132. The number of ether oxygens (including phenoxy) is 1. The Kier molecular flexibility index (Phi) is 4.80. The summed E-state index contributed by atoms with van der Waals surface area (Å²) in [5.74, 6) is 1.62. The minimum Gasteiger partial charge on any atom is -0.496 e. The van der Waals surface area contributed by atoms with Gasteiger partial charge >= 0.3 is 0 Å². The van der Waals surface area contributed by atoms with Gasteiger partial charge in [-0.25, -0.2) is 0 Å². The molecule has 1 heterocycles. The number of piperidine rings is 1. The van der Waals surface area contributed by atoms with Crippen LogP contribution >= 0.6 is 0 Å². The quantitative estimate of drug-likeness (QED) is 0.899. The first-order valence-electron chi connectivity index (χ1n) is 6.87. The van der Waals surface area contributed by atoms with Crippen LogP contribution in [0.25, 0.3) is 0 Å². The van der Waals surface area contributed by atoms with Crippen molar-refractivity contribution in [2.24, 2.45) is 5.73 Å². The molecule has 19 heavy (non-hydrogen) atoms. The molecule has 1 fully saturated rings. The molecule has 0 bridgehead atoms. The summed E-state index contributed by atoms with van der Waals surface area (Å²) >= 11 is 0. The predicted octanol–water partition coefficient (Wildman–Crippen LogP) is 1.75. The molecular formula is C15H22N2O2. The maximum Gasteiger partial charge on any atom is 0.223 e. The number of methoxy groups -OCH3 is 1. The lowest BCUT2D eigenvalue weighted by Gasteiger charge is -2.32. The summed E-state index contributed by atoms with van der Waals surface area (Å²) in [7, 11) is 1.71. The summed E-state index contributed by atoms with van der Waals surface area (Å²) in [5.41, 5.74) is 6.69. The lowest BCUT2D eigenvalue weighted by atomic mass is 9.88. The fourth-order valence-electron chi connectivity index (χ4n) is 2.73. The van der Waals surface area contributed by atoms with Crippen molar-refractivity contribution in [2.45, 2.75) is 25.2 Å². The molecule has 1 amide bonds. The van der Waals surface area contributed by atoms with Crippen LogP contribution in [-0.4, -0.2) is 37.6 Å². The van der Waals surface area contributed by atoms with Gasteiger partial charge in [-0.05, 0) is 30.4 Å².